The highest BCUT2D eigenvalue weighted by Crippen LogP contribution is 2.18. The Bertz CT molecular complexity index is 381. The Labute approximate surface area is 110 Å². The molecule has 0 radical (unpaired) electrons. The maximum Gasteiger partial charge on any atom is 0.188 e. The third-order valence-corrected chi connectivity index (χ3v) is 3.11. The number of rotatable bonds is 5. The quantitative estimate of drug-likeness (QED) is 0.611. The highest BCUT2D eigenvalue weighted by atomic mass is 15.2. The molecule has 0 heterocycles. The summed E-state index contributed by atoms with van der Waals surface area (Å²) in [6, 6.07) is 9.03. The van der Waals surface area contributed by atoms with Crippen molar-refractivity contribution in [3.63, 3.8) is 0 Å². The molecule has 1 rings (SSSR count). The highest BCUT2D eigenvalue weighted by Gasteiger charge is 2.13. The lowest BCUT2D eigenvalue weighted by Gasteiger charge is -2.25. The van der Waals surface area contributed by atoms with Crippen LogP contribution in [0.1, 0.15) is 24.1 Å². The van der Waals surface area contributed by atoms with E-state index in [1.807, 2.05) is 0 Å². The van der Waals surface area contributed by atoms with Crippen LogP contribution >= 0.6 is 0 Å². The van der Waals surface area contributed by atoms with Gasteiger partial charge in [0.1, 0.15) is 0 Å². The highest BCUT2D eigenvalue weighted by molar-refractivity contribution is 5.77. The number of likely N-dealkylation sites (N-methyl/N-ethyl adjacent to an activating group) is 1. The second-order valence-electron chi connectivity index (χ2n) is 4.56. The number of benzene rings is 1. The maximum atomic E-state index is 5.67. The summed E-state index contributed by atoms with van der Waals surface area (Å²) < 4.78 is 0. The predicted molar refractivity (Wildman–Crippen MR) is 77.8 cm³/mol. The van der Waals surface area contributed by atoms with Gasteiger partial charge in [0.15, 0.2) is 5.96 Å². The minimum Gasteiger partial charge on any atom is -0.370 e. The van der Waals surface area contributed by atoms with Crippen LogP contribution in [0.15, 0.2) is 29.3 Å². The molecule has 0 fully saturated rings. The van der Waals surface area contributed by atoms with Gasteiger partial charge in [-0.2, -0.15) is 0 Å². The molecule has 18 heavy (non-hydrogen) atoms. The average molecular weight is 248 g/mol. The Morgan fingerprint density at radius 1 is 1.33 bits per heavy atom. The summed E-state index contributed by atoms with van der Waals surface area (Å²) in [7, 11) is 5.82. The fourth-order valence-electron chi connectivity index (χ4n) is 1.85. The molecule has 1 unspecified atom stereocenters. The van der Waals surface area contributed by atoms with E-state index in [1.165, 1.54) is 11.1 Å². The molecule has 4 nitrogen and oxygen atoms in total. The van der Waals surface area contributed by atoms with Gasteiger partial charge in [0, 0.05) is 13.6 Å². The van der Waals surface area contributed by atoms with Gasteiger partial charge in [-0.05, 0) is 31.6 Å². The van der Waals surface area contributed by atoms with E-state index >= 15 is 0 Å². The molecule has 3 N–H and O–H groups in total. The molecule has 100 valence electrons. The van der Waals surface area contributed by atoms with Crippen LogP contribution in [-0.2, 0) is 6.42 Å². The largest absolute Gasteiger partial charge is 0.370 e. The smallest absolute Gasteiger partial charge is 0.188 e. The molecule has 1 aromatic carbocycles. The van der Waals surface area contributed by atoms with E-state index in [0.717, 1.165) is 13.0 Å². The fraction of sp³-hybridized carbons (Fsp3) is 0.500. The number of hydrogen-bond acceptors (Lipinski definition) is 2. The zero-order chi connectivity index (χ0) is 13.5. The SMILES string of the molecule is CCc1ccc(C(CNC(N)=NC)N(C)C)cc1. The first kappa shape index (κ1) is 14.5. The molecule has 0 aliphatic carbocycles. The lowest BCUT2D eigenvalue weighted by atomic mass is 10.0. The predicted octanol–water partition coefficient (Wildman–Crippen LogP) is 1.39. The van der Waals surface area contributed by atoms with Crippen molar-refractivity contribution in [1.29, 1.82) is 0 Å². The summed E-state index contributed by atoms with van der Waals surface area (Å²) in [5, 5.41) is 3.13. The van der Waals surface area contributed by atoms with Gasteiger partial charge in [-0.15, -0.1) is 0 Å². The Kier molecular flexibility index (Phi) is 5.65. The third kappa shape index (κ3) is 4.04. The number of hydrogen-bond donors (Lipinski definition) is 2. The van der Waals surface area contributed by atoms with Crippen molar-refractivity contribution in [2.75, 3.05) is 27.7 Å². The molecule has 0 amide bonds. The minimum atomic E-state index is 0.288. The lowest BCUT2D eigenvalue weighted by Crippen LogP contribution is -2.38. The van der Waals surface area contributed by atoms with Crippen molar-refractivity contribution in [2.45, 2.75) is 19.4 Å². The Hall–Kier alpha value is -1.55. The molecular weight excluding hydrogens is 224 g/mol. The number of nitrogens with one attached hydrogen (secondary N) is 1. The molecule has 0 saturated carbocycles. The van der Waals surface area contributed by atoms with E-state index in [0.29, 0.717) is 5.96 Å². The second-order valence-corrected chi connectivity index (χ2v) is 4.56. The number of aliphatic imine (C=N–C) groups is 1. The van der Waals surface area contributed by atoms with Crippen LogP contribution in [-0.4, -0.2) is 38.5 Å². The molecule has 4 heteroatoms. The summed E-state index contributed by atoms with van der Waals surface area (Å²) in [4.78, 5) is 6.08. The van der Waals surface area contributed by atoms with Gasteiger partial charge in [-0.1, -0.05) is 31.2 Å². The van der Waals surface area contributed by atoms with E-state index in [9.17, 15) is 0 Å². The van der Waals surface area contributed by atoms with Crippen LogP contribution in [0.2, 0.25) is 0 Å². The van der Waals surface area contributed by atoms with Crippen molar-refractivity contribution in [3.8, 4) is 0 Å². The van der Waals surface area contributed by atoms with E-state index < -0.39 is 0 Å². The first-order valence-electron chi connectivity index (χ1n) is 6.29. The molecule has 0 saturated heterocycles. The Morgan fingerprint density at radius 2 is 1.94 bits per heavy atom. The van der Waals surface area contributed by atoms with Gasteiger partial charge >= 0.3 is 0 Å². The number of aryl methyl sites for hydroxylation is 1. The second kappa shape index (κ2) is 7.01. The number of guanidine groups is 1. The van der Waals surface area contributed by atoms with Gasteiger partial charge < -0.3 is 16.0 Å². The monoisotopic (exact) mass is 248 g/mol. The van der Waals surface area contributed by atoms with Crippen LogP contribution in [0.4, 0.5) is 0 Å². The zero-order valence-electron chi connectivity index (χ0n) is 11.8. The van der Waals surface area contributed by atoms with Crippen molar-refractivity contribution in [3.05, 3.63) is 35.4 Å². The molecule has 0 bridgehead atoms. The topological polar surface area (TPSA) is 53.6 Å². The van der Waals surface area contributed by atoms with Crippen LogP contribution in [0.25, 0.3) is 0 Å². The normalized spacial score (nSPS) is 13.7. The summed E-state index contributed by atoms with van der Waals surface area (Å²) >= 11 is 0. The first-order chi connectivity index (χ1) is 8.58. The molecule has 0 aliphatic heterocycles. The van der Waals surface area contributed by atoms with Crippen molar-refractivity contribution >= 4 is 5.96 Å². The molecular formula is C14H24N4. The Morgan fingerprint density at radius 3 is 2.39 bits per heavy atom. The summed E-state index contributed by atoms with van der Waals surface area (Å²) in [6.45, 7) is 2.92. The average Bonchev–Trinajstić information content (AvgIpc) is 2.39. The van der Waals surface area contributed by atoms with Crippen molar-refractivity contribution in [1.82, 2.24) is 10.2 Å². The zero-order valence-corrected chi connectivity index (χ0v) is 11.8. The Balaban J connectivity index is 2.77. The molecule has 0 aromatic heterocycles. The third-order valence-electron chi connectivity index (χ3n) is 3.11. The van der Waals surface area contributed by atoms with Crippen molar-refractivity contribution < 1.29 is 0 Å². The molecule has 0 spiro atoms. The van der Waals surface area contributed by atoms with Gasteiger partial charge in [0.25, 0.3) is 0 Å². The number of nitrogens with two attached hydrogens (primary N) is 1. The lowest BCUT2D eigenvalue weighted by molar-refractivity contribution is 0.298. The van der Waals surface area contributed by atoms with Gasteiger partial charge in [0.2, 0.25) is 0 Å². The van der Waals surface area contributed by atoms with Gasteiger partial charge in [0.05, 0.1) is 6.04 Å². The first-order valence-corrected chi connectivity index (χ1v) is 6.29. The van der Waals surface area contributed by atoms with E-state index in [4.69, 9.17) is 5.73 Å². The van der Waals surface area contributed by atoms with Gasteiger partial charge in [-0.3, -0.25) is 4.99 Å². The fourth-order valence-corrected chi connectivity index (χ4v) is 1.85. The van der Waals surface area contributed by atoms with E-state index in [1.54, 1.807) is 7.05 Å². The van der Waals surface area contributed by atoms with Gasteiger partial charge in [-0.25, -0.2) is 0 Å². The summed E-state index contributed by atoms with van der Waals surface area (Å²) in [5.74, 6) is 0.479. The van der Waals surface area contributed by atoms with E-state index in [-0.39, 0.29) is 6.04 Å². The summed E-state index contributed by atoms with van der Waals surface area (Å²) in [5.41, 5.74) is 8.31. The van der Waals surface area contributed by atoms with Crippen LogP contribution in [0.3, 0.4) is 0 Å². The standard InChI is InChI=1S/C14H24N4/c1-5-11-6-8-12(9-7-11)13(18(3)4)10-17-14(15)16-2/h6-9,13H,5,10H2,1-4H3,(H3,15,16,17). The molecule has 1 aromatic rings. The summed E-state index contributed by atoms with van der Waals surface area (Å²) in [6.07, 6.45) is 1.07. The van der Waals surface area contributed by atoms with E-state index in [2.05, 4.69) is 60.5 Å². The van der Waals surface area contributed by atoms with Crippen LogP contribution in [0.5, 0.6) is 0 Å². The van der Waals surface area contributed by atoms with Crippen molar-refractivity contribution in [2.24, 2.45) is 10.7 Å². The number of nitrogens with zero attached hydrogens (tertiary/aromatic N) is 2. The molecule has 0 aliphatic rings. The molecule has 1 atom stereocenters. The van der Waals surface area contributed by atoms with Crippen LogP contribution < -0.4 is 11.1 Å². The minimum absolute atomic E-state index is 0.288. The maximum absolute atomic E-state index is 5.67. The van der Waals surface area contributed by atoms with Crippen LogP contribution in [0, 0.1) is 0 Å².